The Kier molecular flexibility index (Phi) is 6.40. The summed E-state index contributed by atoms with van der Waals surface area (Å²) in [6, 6.07) is 19.8. The number of carbonyl (C=O) groups is 2. The highest BCUT2D eigenvalue weighted by Crippen LogP contribution is 2.17. The second-order valence-corrected chi connectivity index (χ2v) is 9.17. The first-order valence-corrected chi connectivity index (χ1v) is 12.2. The monoisotopic (exact) mass is 494 g/mol. The normalized spacial score (nSPS) is 12.1. The van der Waals surface area contributed by atoms with Crippen LogP contribution in [0.4, 0.5) is 0 Å². The number of pyridine rings is 2. The van der Waals surface area contributed by atoms with Gasteiger partial charge in [-0.25, -0.2) is 9.78 Å². The van der Waals surface area contributed by atoms with Gasteiger partial charge >= 0.3 is 5.97 Å². The van der Waals surface area contributed by atoms with Gasteiger partial charge < -0.3 is 9.30 Å². The molecule has 5 aromatic rings. The van der Waals surface area contributed by atoms with Crippen molar-refractivity contribution in [1.29, 1.82) is 0 Å². The average Bonchev–Trinajstić information content (AvgIpc) is 2.89. The van der Waals surface area contributed by atoms with Crippen molar-refractivity contribution in [1.82, 2.24) is 14.0 Å². The van der Waals surface area contributed by atoms with Crippen LogP contribution in [0.5, 0.6) is 0 Å². The summed E-state index contributed by atoms with van der Waals surface area (Å²) in [5.74, 6) is -1.07. The van der Waals surface area contributed by atoms with E-state index in [9.17, 15) is 14.4 Å². The number of hydrogen-bond acceptors (Lipinski definition) is 5. The lowest BCUT2D eigenvalue weighted by Gasteiger charge is -2.16. The Morgan fingerprint density at radius 2 is 1.76 bits per heavy atom. The molecular weight excluding hydrogens is 468 g/mol. The number of carbonyl (C=O) groups excluding carboxylic acids is 2. The van der Waals surface area contributed by atoms with Crippen LogP contribution < -0.4 is 11.0 Å². The van der Waals surface area contributed by atoms with E-state index >= 15 is 0 Å². The molecule has 37 heavy (non-hydrogen) atoms. The van der Waals surface area contributed by atoms with Crippen molar-refractivity contribution in [2.45, 2.75) is 27.3 Å². The lowest BCUT2D eigenvalue weighted by Crippen LogP contribution is -2.33. The van der Waals surface area contributed by atoms with Crippen LogP contribution in [-0.4, -0.2) is 32.4 Å². The predicted octanol–water partition coefficient (Wildman–Crippen LogP) is 4.38. The van der Waals surface area contributed by atoms with E-state index in [1.807, 2.05) is 44.2 Å². The van der Waals surface area contributed by atoms with Crippen LogP contribution in [0.1, 0.15) is 41.5 Å². The van der Waals surface area contributed by atoms with Gasteiger partial charge in [0, 0.05) is 18.3 Å². The molecule has 8 heteroatoms. The van der Waals surface area contributed by atoms with E-state index < -0.39 is 11.9 Å². The van der Waals surface area contributed by atoms with Crippen LogP contribution in [-0.2, 0) is 11.3 Å². The molecule has 0 aliphatic carbocycles. The second-order valence-electron chi connectivity index (χ2n) is 9.17. The maximum Gasteiger partial charge on any atom is 0.341 e. The summed E-state index contributed by atoms with van der Waals surface area (Å²) in [5.41, 5.74) is 1.02. The largest absolute Gasteiger partial charge is 0.462 e. The van der Waals surface area contributed by atoms with Crippen molar-refractivity contribution >= 4 is 39.3 Å². The third-order valence-electron chi connectivity index (χ3n) is 6.04. The van der Waals surface area contributed by atoms with Crippen LogP contribution in [0.2, 0.25) is 0 Å². The summed E-state index contributed by atoms with van der Waals surface area (Å²) >= 11 is 0. The van der Waals surface area contributed by atoms with E-state index in [2.05, 4.69) is 4.99 Å². The molecule has 186 valence electrons. The number of esters is 1. The highest BCUT2D eigenvalue weighted by Gasteiger charge is 2.21. The first kappa shape index (κ1) is 24.1. The Morgan fingerprint density at radius 3 is 2.51 bits per heavy atom. The summed E-state index contributed by atoms with van der Waals surface area (Å²) in [6.07, 6.45) is 1.63. The van der Waals surface area contributed by atoms with Gasteiger partial charge in [0.2, 0.25) is 0 Å². The molecule has 1 amide bonds. The summed E-state index contributed by atoms with van der Waals surface area (Å²) in [5, 5.41) is 2.15. The number of aromatic nitrogens is 3. The molecule has 0 unspecified atom stereocenters. The van der Waals surface area contributed by atoms with Crippen LogP contribution in [0, 0.1) is 5.92 Å². The van der Waals surface area contributed by atoms with Crippen LogP contribution in [0.15, 0.2) is 82.7 Å². The number of rotatable bonds is 5. The zero-order chi connectivity index (χ0) is 26.1. The molecule has 5 rings (SSSR count). The highest BCUT2D eigenvalue weighted by molar-refractivity contribution is 6.00. The minimum absolute atomic E-state index is 0.0407. The van der Waals surface area contributed by atoms with E-state index in [0.29, 0.717) is 23.4 Å². The maximum atomic E-state index is 13.4. The Hall–Kier alpha value is -4.59. The molecule has 0 N–H and O–H groups in total. The molecule has 0 fully saturated rings. The van der Waals surface area contributed by atoms with Crippen molar-refractivity contribution in [3.63, 3.8) is 0 Å². The van der Waals surface area contributed by atoms with Gasteiger partial charge in [0.05, 0.1) is 12.0 Å². The van der Waals surface area contributed by atoms with Crippen molar-refractivity contribution in [3.05, 3.63) is 99.9 Å². The number of hydrogen-bond donors (Lipinski definition) is 0. The quantitative estimate of drug-likeness (QED) is 0.267. The summed E-state index contributed by atoms with van der Waals surface area (Å²) in [4.78, 5) is 49.1. The molecule has 0 atom stereocenters. The third-order valence-corrected chi connectivity index (χ3v) is 6.04. The minimum atomic E-state index is -0.662. The van der Waals surface area contributed by atoms with Gasteiger partial charge in [-0.05, 0) is 53.9 Å². The average molecular weight is 495 g/mol. The maximum absolute atomic E-state index is 13.4. The molecule has 3 aromatic heterocycles. The molecule has 0 saturated heterocycles. The second kappa shape index (κ2) is 9.81. The number of fused-ring (bicyclic) bond motifs is 3. The Balaban J connectivity index is 1.84. The number of nitrogens with zero attached hydrogens (tertiary/aromatic N) is 4. The summed E-state index contributed by atoms with van der Waals surface area (Å²) < 4.78 is 8.40. The summed E-state index contributed by atoms with van der Waals surface area (Å²) in [7, 11) is 0. The molecule has 0 aliphatic rings. The fourth-order valence-corrected chi connectivity index (χ4v) is 4.38. The fraction of sp³-hybridized carbons (Fsp3) is 0.207. The number of benzene rings is 2. The minimum Gasteiger partial charge on any atom is -0.462 e. The van der Waals surface area contributed by atoms with Crippen LogP contribution in [0.25, 0.3) is 27.5 Å². The lowest BCUT2D eigenvalue weighted by molar-refractivity contribution is 0.0523. The van der Waals surface area contributed by atoms with Gasteiger partial charge in [-0.15, -0.1) is 0 Å². The molecule has 0 spiro atoms. The lowest BCUT2D eigenvalue weighted by atomic mass is 10.1. The van der Waals surface area contributed by atoms with Gasteiger partial charge in [-0.1, -0.05) is 50.2 Å². The SMILES string of the molecule is CCOC(=O)c1cc2c(=O)n3ccccc3nc2n(CC(C)C)c1=NC(=O)c1ccc2ccccc2c1. The van der Waals surface area contributed by atoms with Crippen molar-refractivity contribution in [3.8, 4) is 0 Å². The zero-order valence-corrected chi connectivity index (χ0v) is 20.8. The van der Waals surface area contributed by atoms with Gasteiger partial charge in [-0.2, -0.15) is 4.99 Å². The highest BCUT2D eigenvalue weighted by atomic mass is 16.5. The Labute approximate surface area is 212 Å². The third kappa shape index (κ3) is 4.53. The van der Waals surface area contributed by atoms with Gasteiger partial charge in [0.15, 0.2) is 5.49 Å². The van der Waals surface area contributed by atoms with Crippen molar-refractivity contribution in [2.75, 3.05) is 6.61 Å². The van der Waals surface area contributed by atoms with Crippen molar-refractivity contribution < 1.29 is 14.3 Å². The van der Waals surface area contributed by atoms with Gasteiger partial charge in [0.1, 0.15) is 16.9 Å². The van der Waals surface area contributed by atoms with Crippen LogP contribution in [0.3, 0.4) is 0 Å². The van der Waals surface area contributed by atoms with Gasteiger partial charge in [-0.3, -0.25) is 14.0 Å². The number of amides is 1. The Morgan fingerprint density at radius 1 is 1.00 bits per heavy atom. The molecule has 3 heterocycles. The van der Waals surface area contributed by atoms with Crippen molar-refractivity contribution in [2.24, 2.45) is 10.9 Å². The topological polar surface area (TPSA) is 95.0 Å². The predicted molar refractivity (Wildman–Crippen MR) is 142 cm³/mol. The van der Waals surface area contributed by atoms with E-state index in [4.69, 9.17) is 9.72 Å². The summed E-state index contributed by atoms with van der Waals surface area (Å²) in [6.45, 7) is 6.20. The smallest absolute Gasteiger partial charge is 0.341 e. The molecule has 0 bridgehead atoms. The van der Waals surface area contributed by atoms with E-state index in [1.54, 1.807) is 48.0 Å². The molecule has 0 radical (unpaired) electrons. The molecular formula is C29H26N4O4. The van der Waals surface area contributed by atoms with E-state index in [1.165, 1.54) is 10.5 Å². The zero-order valence-electron chi connectivity index (χ0n) is 20.8. The van der Waals surface area contributed by atoms with E-state index in [-0.39, 0.29) is 34.5 Å². The first-order valence-electron chi connectivity index (χ1n) is 12.2. The molecule has 0 aliphatic heterocycles. The number of ether oxygens (including phenoxy) is 1. The molecule has 0 saturated carbocycles. The molecule has 2 aromatic carbocycles. The fourth-order valence-electron chi connectivity index (χ4n) is 4.38. The van der Waals surface area contributed by atoms with Gasteiger partial charge in [0.25, 0.3) is 11.5 Å². The first-order chi connectivity index (χ1) is 17.9. The Bertz CT molecular complexity index is 1810. The molecule has 8 nitrogen and oxygen atoms in total. The standard InChI is InChI=1S/C29H26N4O4/c1-4-37-29(36)23-16-22-25(30-24-11-7-8-14-32(24)28(22)35)33(17-18(2)3)26(23)31-27(34)21-13-12-19-9-5-6-10-20(19)15-21/h5-16,18H,4,17H2,1-3H3. The van der Waals surface area contributed by atoms with Crippen LogP contribution >= 0.6 is 0 Å². The van der Waals surface area contributed by atoms with E-state index in [0.717, 1.165) is 10.8 Å².